The summed E-state index contributed by atoms with van der Waals surface area (Å²) in [7, 11) is 0. The number of benzene rings is 1. The highest BCUT2D eigenvalue weighted by molar-refractivity contribution is 5.87. The molecule has 0 fully saturated rings. The van der Waals surface area contributed by atoms with E-state index in [0.29, 0.717) is 12.1 Å². The summed E-state index contributed by atoms with van der Waals surface area (Å²) in [5, 5.41) is 8.77. The van der Waals surface area contributed by atoms with Crippen LogP contribution in [0, 0.1) is 0 Å². The largest absolute Gasteiger partial charge is 0.478 e. The molecule has 0 aliphatic rings. The fraction of sp³-hybridized carbons (Fsp3) is 0.0714. The van der Waals surface area contributed by atoms with Crippen molar-refractivity contribution in [2.75, 3.05) is 0 Å². The maximum Gasteiger partial charge on any atom is 0.337 e. The van der Waals surface area contributed by atoms with Crippen molar-refractivity contribution in [1.82, 2.24) is 4.57 Å². The van der Waals surface area contributed by atoms with Crippen molar-refractivity contribution < 1.29 is 9.90 Å². The van der Waals surface area contributed by atoms with E-state index in [1.807, 2.05) is 47.1 Å². The molecule has 0 bridgehead atoms. The quantitative estimate of drug-likeness (QED) is 0.872. The van der Waals surface area contributed by atoms with Gasteiger partial charge in [-0.15, -0.1) is 0 Å². The normalized spacial score (nSPS) is 10.8. The van der Waals surface area contributed by atoms with Gasteiger partial charge in [0.25, 0.3) is 0 Å². The van der Waals surface area contributed by atoms with Crippen molar-refractivity contribution in [2.24, 2.45) is 0 Å². The summed E-state index contributed by atoms with van der Waals surface area (Å²) in [5.74, 6) is -0.893. The summed E-state index contributed by atoms with van der Waals surface area (Å²) in [4.78, 5) is 10.7. The lowest BCUT2D eigenvalue weighted by molar-refractivity contribution is 0.0697. The van der Waals surface area contributed by atoms with Crippen LogP contribution in [0.5, 0.6) is 0 Å². The highest BCUT2D eigenvalue weighted by Gasteiger charge is 2.02. The monoisotopic (exact) mass is 227 g/mol. The first kappa shape index (κ1) is 11.2. The summed E-state index contributed by atoms with van der Waals surface area (Å²) in [6.07, 6.45) is 7.40. The molecule has 0 unspecified atom stereocenters. The van der Waals surface area contributed by atoms with Crippen LogP contribution in [0.1, 0.15) is 15.9 Å². The Morgan fingerprint density at radius 1 is 1.24 bits per heavy atom. The molecule has 1 N–H and O–H groups in total. The van der Waals surface area contributed by atoms with Gasteiger partial charge in [0.05, 0.1) is 5.56 Å². The van der Waals surface area contributed by atoms with E-state index in [2.05, 4.69) is 0 Å². The van der Waals surface area contributed by atoms with Crippen molar-refractivity contribution in [2.45, 2.75) is 6.54 Å². The van der Waals surface area contributed by atoms with Crippen molar-refractivity contribution >= 4 is 12.0 Å². The van der Waals surface area contributed by atoms with E-state index >= 15 is 0 Å². The predicted octanol–water partition coefficient (Wildman–Crippen LogP) is 2.90. The van der Waals surface area contributed by atoms with Gasteiger partial charge >= 0.3 is 5.97 Å². The molecule has 0 aliphatic carbocycles. The van der Waals surface area contributed by atoms with Gasteiger partial charge in [0.1, 0.15) is 0 Å². The van der Waals surface area contributed by atoms with Crippen LogP contribution in [-0.2, 0) is 6.54 Å². The fourth-order valence-electron chi connectivity index (χ4n) is 1.56. The Hall–Kier alpha value is -2.29. The first-order valence-corrected chi connectivity index (χ1v) is 5.36. The molecule has 3 heteroatoms. The summed E-state index contributed by atoms with van der Waals surface area (Å²) in [6, 6.07) is 11.6. The molecule has 2 aromatic rings. The highest BCUT2D eigenvalue weighted by atomic mass is 16.4. The SMILES string of the molecule is O=C(O)c1ccn(CC=Cc2ccccc2)c1. The summed E-state index contributed by atoms with van der Waals surface area (Å²) >= 11 is 0. The van der Waals surface area contributed by atoms with E-state index in [9.17, 15) is 4.79 Å². The average Bonchev–Trinajstić information content (AvgIpc) is 2.79. The van der Waals surface area contributed by atoms with Gasteiger partial charge in [-0.1, -0.05) is 42.5 Å². The van der Waals surface area contributed by atoms with Gasteiger partial charge in [0.2, 0.25) is 0 Å². The number of hydrogen-bond acceptors (Lipinski definition) is 1. The zero-order valence-corrected chi connectivity index (χ0v) is 9.28. The molecule has 0 saturated carbocycles. The first-order valence-electron chi connectivity index (χ1n) is 5.36. The van der Waals surface area contributed by atoms with Crippen molar-refractivity contribution in [3.8, 4) is 0 Å². The lowest BCUT2D eigenvalue weighted by Crippen LogP contribution is -1.94. The van der Waals surface area contributed by atoms with Crippen LogP contribution < -0.4 is 0 Å². The number of nitrogens with zero attached hydrogens (tertiary/aromatic N) is 1. The van der Waals surface area contributed by atoms with Gasteiger partial charge in [-0.05, 0) is 11.6 Å². The lowest BCUT2D eigenvalue weighted by atomic mass is 10.2. The van der Waals surface area contributed by atoms with E-state index in [4.69, 9.17) is 5.11 Å². The number of carboxylic acids is 1. The average molecular weight is 227 g/mol. The van der Waals surface area contributed by atoms with Crippen LogP contribution in [0.3, 0.4) is 0 Å². The Bertz CT molecular complexity index is 526. The molecule has 1 heterocycles. The van der Waals surface area contributed by atoms with Crippen LogP contribution in [-0.4, -0.2) is 15.6 Å². The predicted molar refractivity (Wildman–Crippen MR) is 66.9 cm³/mol. The number of carboxylic acid groups (broad SMARTS) is 1. The van der Waals surface area contributed by atoms with E-state index in [-0.39, 0.29) is 0 Å². The molecule has 1 aromatic carbocycles. The van der Waals surface area contributed by atoms with E-state index in [0.717, 1.165) is 5.56 Å². The molecule has 1 aromatic heterocycles. The lowest BCUT2D eigenvalue weighted by Gasteiger charge is -1.96. The van der Waals surface area contributed by atoms with Crippen LogP contribution in [0.4, 0.5) is 0 Å². The molecule has 0 radical (unpaired) electrons. The standard InChI is InChI=1S/C14H13NO2/c16-14(17)13-8-10-15(11-13)9-4-7-12-5-2-1-3-6-12/h1-8,10-11H,9H2,(H,16,17). The molecule has 0 atom stereocenters. The minimum Gasteiger partial charge on any atom is -0.478 e. The Kier molecular flexibility index (Phi) is 3.40. The molecule has 0 spiro atoms. The number of aromatic nitrogens is 1. The summed E-state index contributed by atoms with van der Waals surface area (Å²) in [6.45, 7) is 0.669. The molecule has 0 amide bonds. The van der Waals surface area contributed by atoms with Gasteiger partial charge in [0, 0.05) is 18.9 Å². The number of carbonyl (C=O) groups is 1. The first-order chi connectivity index (χ1) is 8.25. The minimum absolute atomic E-state index is 0.318. The zero-order chi connectivity index (χ0) is 12.1. The van der Waals surface area contributed by atoms with Gasteiger partial charge in [-0.25, -0.2) is 4.79 Å². The van der Waals surface area contributed by atoms with Crippen LogP contribution >= 0.6 is 0 Å². The van der Waals surface area contributed by atoms with Gasteiger partial charge in [-0.3, -0.25) is 0 Å². The molecule has 0 aliphatic heterocycles. The van der Waals surface area contributed by atoms with E-state index in [1.165, 1.54) is 0 Å². The van der Waals surface area contributed by atoms with Crippen LogP contribution in [0.25, 0.3) is 6.08 Å². The van der Waals surface area contributed by atoms with Crippen LogP contribution in [0.15, 0.2) is 54.9 Å². The second-order valence-corrected chi connectivity index (χ2v) is 3.72. The van der Waals surface area contributed by atoms with Gasteiger partial charge in [-0.2, -0.15) is 0 Å². The smallest absolute Gasteiger partial charge is 0.337 e. The van der Waals surface area contributed by atoms with E-state index in [1.54, 1.807) is 18.5 Å². The highest BCUT2D eigenvalue weighted by Crippen LogP contribution is 2.04. The Morgan fingerprint density at radius 3 is 2.65 bits per heavy atom. The number of aromatic carboxylic acids is 1. The zero-order valence-electron chi connectivity index (χ0n) is 9.28. The molecule has 86 valence electrons. The Balaban J connectivity index is 1.98. The number of hydrogen-bond donors (Lipinski definition) is 1. The van der Waals surface area contributed by atoms with Crippen molar-refractivity contribution in [3.63, 3.8) is 0 Å². The van der Waals surface area contributed by atoms with Crippen LogP contribution in [0.2, 0.25) is 0 Å². The maximum absolute atomic E-state index is 10.7. The molecule has 0 saturated heterocycles. The van der Waals surface area contributed by atoms with Crippen molar-refractivity contribution in [1.29, 1.82) is 0 Å². The second-order valence-electron chi connectivity index (χ2n) is 3.72. The van der Waals surface area contributed by atoms with Gasteiger partial charge in [0.15, 0.2) is 0 Å². The molecule has 17 heavy (non-hydrogen) atoms. The Labute approximate surface area is 99.6 Å². The maximum atomic E-state index is 10.7. The third-order valence-corrected chi connectivity index (χ3v) is 2.42. The number of rotatable bonds is 4. The summed E-state index contributed by atoms with van der Waals surface area (Å²) < 4.78 is 1.84. The minimum atomic E-state index is -0.893. The second kappa shape index (κ2) is 5.16. The molecule has 2 rings (SSSR count). The molecule has 3 nitrogen and oxygen atoms in total. The van der Waals surface area contributed by atoms with Crippen molar-refractivity contribution in [3.05, 3.63) is 66.0 Å². The van der Waals surface area contributed by atoms with E-state index < -0.39 is 5.97 Å². The third-order valence-electron chi connectivity index (χ3n) is 2.42. The molecular weight excluding hydrogens is 214 g/mol. The molecular formula is C14H13NO2. The topological polar surface area (TPSA) is 42.2 Å². The van der Waals surface area contributed by atoms with Gasteiger partial charge < -0.3 is 9.67 Å². The third kappa shape index (κ3) is 3.08. The fourth-order valence-corrected chi connectivity index (χ4v) is 1.56. The Morgan fingerprint density at radius 2 is 2.00 bits per heavy atom. The number of allylic oxidation sites excluding steroid dienone is 1. The summed E-state index contributed by atoms with van der Waals surface area (Å²) in [5.41, 5.74) is 1.45.